The van der Waals surface area contributed by atoms with Crippen LogP contribution < -0.4 is 0 Å². The van der Waals surface area contributed by atoms with Gasteiger partial charge in [-0.15, -0.1) is 0 Å². The van der Waals surface area contributed by atoms with Crippen molar-refractivity contribution in [1.29, 1.82) is 0 Å². The molecule has 0 rings (SSSR count). The van der Waals surface area contributed by atoms with Crippen LogP contribution in [-0.4, -0.2) is 12.6 Å². The Hall–Kier alpha value is -0.790. The average Bonchev–Trinajstić information content (AvgIpc) is 2.34. The molecule has 0 spiro atoms. The van der Waals surface area contributed by atoms with Gasteiger partial charge in [-0.2, -0.15) is 0 Å². The molecule has 0 amide bonds. The van der Waals surface area contributed by atoms with Crippen molar-refractivity contribution in [3.05, 3.63) is 12.2 Å². The van der Waals surface area contributed by atoms with Gasteiger partial charge in [0.1, 0.15) is 0 Å². The molecule has 2 nitrogen and oxygen atoms in total. The van der Waals surface area contributed by atoms with E-state index in [0.717, 1.165) is 12.8 Å². The molecule has 0 saturated carbocycles. The summed E-state index contributed by atoms with van der Waals surface area (Å²) in [6.45, 7) is 19.5. The van der Waals surface area contributed by atoms with Crippen molar-refractivity contribution in [2.45, 2.75) is 80.6 Å². The second-order valence-corrected chi connectivity index (χ2v) is 8.13. The van der Waals surface area contributed by atoms with E-state index in [2.05, 4.69) is 48.1 Å². The Kier molecular flexibility index (Phi) is 8.28. The van der Waals surface area contributed by atoms with Gasteiger partial charge in [0.15, 0.2) is 0 Å². The lowest BCUT2D eigenvalue weighted by Crippen LogP contribution is -2.34. The lowest BCUT2D eigenvalue weighted by molar-refractivity contribution is -0.143. The van der Waals surface area contributed by atoms with Crippen LogP contribution in [0.5, 0.6) is 0 Å². The molecule has 0 aliphatic heterocycles. The summed E-state index contributed by atoms with van der Waals surface area (Å²) in [6.07, 6.45) is 5.91. The van der Waals surface area contributed by atoms with Gasteiger partial charge in [0, 0.05) is 11.0 Å². The predicted molar refractivity (Wildman–Crippen MR) is 91.3 cm³/mol. The molecule has 2 atom stereocenters. The number of ether oxygens (including phenoxy) is 1. The summed E-state index contributed by atoms with van der Waals surface area (Å²) in [5.74, 6) is 0.256. The molecule has 0 radical (unpaired) electrons. The van der Waals surface area contributed by atoms with E-state index in [0.29, 0.717) is 23.5 Å². The maximum Gasteiger partial charge on any atom is 0.333 e. The van der Waals surface area contributed by atoms with Crippen LogP contribution in [0.4, 0.5) is 0 Å². The third-order valence-electron chi connectivity index (χ3n) is 4.34. The molecule has 124 valence electrons. The summed E-state index contributed by atoms with van der Waals surface area (Å²) in [6, 6.07) is 0. The lowest BCUT2D eigenvalue weighted by atomic mass is 9.69. The van der Waals surface area contributed by atoms with Crippen LogP contribution in [0, 0.1) is 16.7 Å². The van der Waals surface area contributed by atoms with Gasteiger partial charge in [-0.25, -0.2) is 4.79 Å². The molecular formula is C19H36O2. The second-order valence-electron chi connectivity index (χ2n) is 8.13. The van der Waals surface area contributed by atoms with Crippen LogP contribution in [0.3, 0.4) is 0 Å². The van der Waals surface area contributed by atoms with E-state index in [4.69, 9.17) is 4.74 Å². The highest BCUT2D eigenvalue weighted by molar-refractivity contribution is 5.86. The van der Waals surface area contributed by atoms with Crippen molar-refractivity contribution >= 4 is 5.97 Å². The molecule has 0 N–H and O–H groups in total. The Morgan fingerprint density at radius 3 is 2.19 bits per heavy atom. The van der Waals surface area contributed by atoms with E-state index >= 15 is 0 Å². The summed E-state index contributed by atoms with van der Waals surface area (Å²) in [5.41, 5.74) is 0.826. The fourth-order valence-electron chi connectivity index (χ4n) is 2.76. The van der Waals surface area contributed by atoms with E-state index in [1.807, 2.05) is 0 Å². The van der Waals surface area contributed by atoms with Crippen molar-refractivity contribution in [1.82, 2.24) is 0 Å². The summed E-state index contributed by atoms with van der Waals surface area (Å²) < 4.78 is 5.50. The van der Waals surface area contributed by atoms with E-state index in [1.165, 1.54) is 19.3 Å². The molecule has 21 heavy (non-hydrogen) atoms. The molecule has 2 heteroatoms. The van der Waals surface area contributed by atoms with Gasteiger partial charge < -0.3 is 4.74 Å². The average molecular weight is 296 g/mol. The Labute approximate surface area is 132 Å². The summed E-state index contributed by atoms with van der Waals surface area (Å²) in [5, 5.41) is 0. The standard InChI is InChI=1S/C19H36O2/c1-9-10-11-12-19(8,14-21-17(20)15(2)3)16(4)13-18(5,6)7/h16H,2,9-14H2,1,3-8H3. The van der Waals surface area contributed by atoms with Crippen molar-refractivity contribution in [2.75, 3.05) is 6.61 Å². The largest absolute Gasteiger partial charge is 0.462 e. The van der Waals surface area contributed by atoms with Crippen LogP contribution in [0.2, 0.25) is 0 Å². The van der Waals surface area contributed by atoms with Gasteiger partial charge in [0.05, 0.1) is 6.61 Å². The van der Waals surface area contributed by atoms with Crippen molar-refractivity contribution < 1.29 is 9.53 Å². The van der Waals surface area contributed by atoms with E-state index < -0.39 is 0 Å². The maximum atomic E-state index is 11.7. The van der Waals surface area contributed by atoms with E-state index in [-0.39, 0.29) is 11.4 Å². The van der Waals surface area contributed by atoms with E-state index in [9.17, 15) is 4.79 Å². The van der Waals surface area contributed by atoms with Crippen LogP contribution in [0.15, 0.2) is 12.2 Å². The van der Waals surface area contributed by atoms with Crippen molar-refractivity contribution in [3.63, 3.8) is 0 Å². The third kappa shape index (κ3) is 8.28. The van der Waals surface area contributed by atoms with Gasteiger partial charge in [0.2, 0.25) is 0 Å². The molecule has 0 fully saturated rings. The van der Waals surface area contributed by atoms with Gasteiger partial charge in [-0.1, -0.05) is 67.4 Å². The first-order valence-electron chi connectivity index (χ1n) is 8.34. The molecule has 0 aromatic heterocycles. The van der Waals surface area contributed by atoms with Crippen molar-refractivity contribution in [2.24, 2.45) is 16.7 Å². The smallest absolute Gasteiger partial charge is 0.333 e. The topological polar surface area (TPSA) is 26.3 Å². The molecular weight excluding hydrogens is 260 g/mol. The molecule has 0 aliphatic rings. The van der Waals surface area contributed by atoms with Crippen LogP contribution in [0.25, 0.3) is 0 Å². The number of carbonyl (C=O) groups is 1. The van der Waals surface area contributed by atoms with Gasteiger partial charge in [-0.3, -0.25) is 0 Å². The number of rotatable bonds is 9. The highest BCUT2D eigenvalue weighted by Crippen LogP contribution is 2.40. The summed E-state index contributed by atoms with van der Waals surface area (Å²) in [7, 11) is 0. The first-order valence-corrected chi connectivity index (χ1v) is 8.34. The number of esters is 1. The third-order valence-corrected chi connectivity index (χ3v) is 4.34. The number of hydrogen-bond acceptors (Lipinski definition) is 2. The minimum absolute atomic E-state index is 0.0492. The highest BCUT2D eigenvalue weighted by atomic mass is 16.5. The lowest BCUT2D eigenvalue weighted by Gasteiger charge is -2.38. The number of unbranched alkanes of at least 4 members (excludes halogenated alkanes) is 2. The first-order chi connectivity index (χ1) is 9.52. The maximum absolute atomic E-state index is 11.7. The minimum Gasteiger partial charge on any atom is -0.462 e. The minimum atomic E-state index is -0.264. The molecule has 0 bridgehead atoms. The Bertz CT molecular complexity index is 338. The Balaban J connectivity index is 4.81. The van der Waals surface area contributed by atoms with E-state index in [1.54, 1.807) is 6.92 Å². The van der Waals surface area contributed by atoms with Gasteiger partial charge in [-0.05, 0) is 31.1 Å². The number of carbonyl (C=O) groups excluding carboxylic acids is 1. The SMILES string of the molecule is C=C(C)C(=O)OCC(C)(CCCCC)C(C)CC(C)(C)C. The zero-order valence-electron chi connectivity index (χ0n) is 15.3. The Morgan fingerprint density at radius 2 is 1.76 bits per heavy atom. The van der Waals surface area contributed by atoms with Crippen LogP contribution in [-0.2, 0) is 9.53 Å². The zero-order chi connectivity index (χ0) is 16.7. The molecule has 0 aromatic rings. The summed E-state index contributed by atoms with van der Waals surface area (Å²) >= 11 is 0. The van der Waals surface area contributed by atoms with Crippen LogP contribution in [0.1, 0.15) is 80.6 Å². The fourth-order valence-corrected chi connectivity index (χ4v) is 2.76. The molecule has 0 saturated heterocycles. The second kappa shape index (κ2) is 8.60. The fraction of sp³-hybridized carbons (Fsp3) is 0.842. The Morgan fingerprint density at radius 1 is 1.19 bits per heavy atom. The monoisotopic (exact) mass is 296 g/mol. The van der Waals surface area contributed by atoms with Crippen LogP contribution >= 0.6 is 0 Å². The number of hydrogen-bond donors (Lipinski definition) is 0. The predicted octanol–water partition coefficient (Wildman–Crippen LogP) is 5.76. The molecule has 0 aromatic carbocycles. The zero-order valence-corrected chi connectivity index (χ0v) is 15.3. The molecule has 0 aliphatic carbocycles. The molecule has 0 heterocycles. The normalized spacial score (nSPS) is 16.1. The quantitative estimate of drug-likeness (QED) is 0.307. The van der Waals surface area contributed by atoms with Gasteiger partial charge in [0.25, 0.3) is 0 Å². The van der Waals surface area contributed by atoms with Gasteiger partial charge >= 0.3 is 5.97 Å². The highest BCUT2D eigenvalue weighted by Gasteiger charge is 2.34. The first kappa shape index (κ1) is 20.2. The summed E-state index contributed by atoms with van der Waals surface area (Å²) in [4.78, 5) is 11.7. The molecule has 2 unspecified atom stereocenters. The van der Waals surface area contributed by atoms with Crippen molar-refractivity contribution in [3.8, 4) is 0 Å².